The Morgan fingerprint density at radius 3 is 2.00 bits per heavy atom. The minimum Gasteiger partial charge on any atom is -0.288 e. The van der Waals surface area contributed by atoms with Gasteiger partial charge in [-0.15, -0.1) is 0 Å². The van der Waals surface area contributed by atoms with Gasteiger partial charge in [0.1, 0.15) is 29.4 Å². The number of carbonyl (C=O) groups excluding carboxylic acids is 1. The van der Waals surface area contributed by atoms with E-state index in [0.717, 1.165) is 5.56 Å². The predicted octanol–water partition coefficient (Wildman–Crippen LogP) is 2.22. The summed E-state index contributed by atoms with van der Waals surface area (Å²) in [6.45, 7) is 1.85. The average molecular weight is 260 g/mol. The van der Waals surface area contributed by atoms with E-state index in [2.05, 4.69) is 0 Å². The first-order valence-corrected chi connectivity index (χ1v) is 5.45. The Morgan fingerprint density at radius 2 is 1.60 bits per heavy atom. The normalized spacial score (nSPS) is 8.30. The van der Waals surface area contributed by atoms with Crippen LogP contribution in [0.25, 0.3) is 0 Å². The lowest BCUT2D eigenvalue weighted by atomic mass is 9.93. The average Bonchev–Trinajstić information content (AvgIpc) is 2.48. The molecule has 0 spiro atoms. The van der Waals surface area contributed by atoms with Gasteiger partial charge in [0.2, 0.25) is 0 Å². The summed E-state index contributed by atoms with van der Waals surface area (Å²) in [6, 6.07) is 11.2. The molecule has 0 amide bonds. The van der Waals surface area contributed by atoms with E-state index in [0.29, 0.717) is 0 Å². The van der Waals surface area contributed by atoms with Crippen molar-refractivity contribution in [3.8, 4) is 18.2 Å². The molecule has 0 aliphatic rings. The van der Waals surface area contributed by atoms with E-state index < -0.39 is 22.5 Å². The van der Waals surface area contributed by atoms with Crippen molar-refractivity contribution < 1.29 is 4.79 Å². The number of allylic oxidation sites excluding steroid dienone is 3. The van der Waals surface area contributed by atoms with Gasteiger partial charge in [-0.25, -0.2) is 0 Å². The number of ketones is 1. The van der Waals surface area contributed by atoms with Crippen LogP contribution in [0.15, 0.2) is 41.0 Å². The molecule has 5 heteroatoms. The van der Waals surface area contributed by atoms with Crippen LogP contribution in [0.4, 0.5) is 0 Å². The van der Waals surface area contributed by atoms with E-state index in [1.165, 1.54) is 12.1 Å². The molecule has 0 saturated carbocycles. The second-order valence-corrected chi connectivity index (χ2v) is 3.78. The highest BCUT2D eigenvalue weighted by atomic mass is 16.1. The number of hydrogen-bond donors (Lipinski definition) is 1. The number of Topliss-reactive ketones (excluding diaryl/α,β-unsaturated/α-hetero) is 1. The van der Waals surface area contributed by atoms with E-state index in [-0.39, 0.29) is 5.56 Å². The number of nitrogens with zero attached hydrogens (tertiary/aromatic N) is 3. The van der Waals surface area contributed by atoms with Gasteiger partial charge < -0.3 is 0 Å². The third-order valence-electron chi connectivity index (χ3n) is 2.50. The minimum atomic E-state index is -0.653. The van der Waals surface area contributed by atoms with Crippen LogP contribution >= 0.6 is 0 Å². The van der Waals surface area contributed by atoms with Gasteiger partial charge in [0.05, 0.1) is 5.57 Å². The monoisotopic (exact) mass is 260 g/mol. The molecule has 0 aromatic heterocycles. The van der Waals surface area contributed by atoms with Crippen molar-refractivity contribution in [2.45, 2.75) is 6.92 Å². The second-order valence-electron chi connectivity index (χ2n) is 3.78. The Labute approximate surface area is 115 Å². The molecule has 5 nitrogen and oxygen atoms in total. The van der Waals surface area contributed by atoms with Crippen LogP contribution in [0.3, 0.4) is 0 Å². The Morgan fingerprint density at radius 1 is 1.05 bits per heavy atom. The van der Waals surface area contributed by atoms with Gasteiger partial charge in [-0.3, -0.25) is 10.2 Å². The molecule has 0 heterocycles. The van der Waals surface area contributed by atoms with Crippen molar-refractivity contribution in [1.82, 2.24) is 0 Å². The topological polar surface area (TPSA) is 112 Å². The van der Waals surface area contributed by atoms with Crippen LogP contribution in [0.5, 0.6) is 0 Å². The summed E-state index contributed by atoms with van der Waals surface area (Å²) in [4.78, 5) is 12.3. The van der Waals surface area contributed by atoms with Gasteiger partial charge >= 0.3 is 0 Å². The number of rotatable bonds is 3. The molecule has 0 fully saturated rings. The van der Waals surface area contributed by atoms with Crippen LogP contribution in [-0.2, 0) is 0 Å². The van der Waals surface area contributed by atoms with Crippen LogP contribution in [0.1, 0.15) is 15.9 Å². The van der Waals surface area contributed by atoms with E-state index in [1.807, 2.05) is 6.92 Å². The molecule has 0 bridgehead atoms. The fraction of sp³-hybridized carbons (Fsp3) is 0.0667. The van der Waals surface area contributed by atoms with Gasteiger partial charge in [0.25, 0.3) is 0 Å². The summed E-state index contributed by atoms with van der Waals surface area (Å²) in [6.07, 6.45) is 0. The summed E-state index contributed by atoms with van der Waals surface area (Å²) in [5.74, 6) is 1.13. The Kier molecular flexibility index (Phi) is 4.73. The highest BCUT2D eigenvalue weighted by Crippen LogP contribution is 2.18. The fourth-order valence-electron chi connectivity index (χ4n) is 1.48. The van der Waals surface area contributed by atoms with Crippen LogP contribution in [-0.4, -0.2) is 11.7 Å². The van der Waals surface area contributed by atoms with Crippen molar-refractivity contribution in [2.24, 2.45) is 0 Å². The lowest BCUT2D eigenvalue weighted by molar-refractivity contribution is 0.103. The summed E-state index contributed by atoms with van der Waals surface area (Å²) in [5, 5.41) is 33.7. The van der Waals surface area contributed by atoms with Crippen molar-refractivity contribution in [1.29, 1.82) is 21.2 Å². The first-order valence-electron chi connectivity index (χ1n) is 5.45. The third-order valence-corrected chi connectivity index (χ3v) is 2.50. The fourth-order valence-corrected chi connectivity index (χ4v) is 1.48. The number of carbonyl (C=O) groups is 1. The zero-order valence-corrected chi connectivity index (χ0v) is 10.6. The van der Waals surface area contributed by atoms with Gasteiger partial charge in [0.15, 0.2) is 5.78 Å². The summed E-state index contributed by atoms with van der Waals surface area (Å²) in [7, 11) is 0. The lowest BCUT2D eigenvalue weighted by Crippen LogP contribution is -2.08. The molecule has 0 aliphatic heterocycles. The molecule has 94 valence electrons. The van der Waals surface area contributed by atoms with E-state index in [4.69, 9.17) is 21.2 Å². The van der Waals surface area contributed by atoms with Gasteiger partial charge in [-0.1, -0.05) is 29.8 Å². The van der Waals surface area contributed by atoms with Crippen LogP contribution in [0, 0.1) is 46.3 Å². The first-order chi connectivity index (χ1) is 9.58. The summed E-state index contributed by atoms with van der Waals surface area (Å²) < 4.78 is 0. The Balaban J connectivity index is 3.54. The minimum absolute atomic E-state index is 0.233. The number of aryl methyl sites for hydroxylation is 1. The van der Waals surface area contributed by atoms with Crippen LogP contribution < -0.4 is 0 Å². The molecule has 20 heavy (non-hydrogen) atoms. The number of nitrogens with one attached hydrogen (secondary N) is 1. The van der Waals surface area contributed by atoms with Crippen molar-refractivity contribution in [3.05, 3.63) is 52.1 Å². The number of nitriles is 3. The third kappa shape index (κ3) is 2.86. The predicted molar refractivity (Wildman–Crippen MR) is 70.6 cm³/mol. The maximum atomic E-state index is 12.3. The van der Waals surface area contributed by atoms with Gasteiger partial charge in [0, 0.05) is 5.56 Å². The maximum Gasteiger partial charge on any atom is 0.197 e. The molecule has 0 saturated heterocycles. The first kappa shape index (κ1) is 14.6. The molecular weight excluding hydrogens is 252 g/mol. The molecular formula is C15H8N4O. The van der Waals surface area contributed by atoms with E-state index in [1.54, 1.807) is 36.2 Å². The van der Waals surface area contributed by atoms with Crippen molar-refractivity contribution >= 4 is 11.7 Å². The Hall–Kier alpha value is -3.45. The smallest absolute Gasteiger partial charge is 0.197 e. The largest absolute Gasteiger partial charge is 0.288 e. The lowest BCUT2D eigenvalue weighted by Gasteiger charge is -2.04. The molecule has 0 aliphatic carbocycles. The molecule has 1 N–H and O–H groups in total. The molecule has 1 aromatic rings. The van der Waals surface area contributed by atoms with E-state index in [9.17, 15) is 4.79 Å². The Bertz CT molecular complexity index is 742. The zero-order chi connectivity index (χ0) is 15.1. The van der Waals surface area contributed by atoms with Crippen molar-refractivity contribution in [2.75, 3.05) is 0 Å². The zero-order valence-electron chi connectivity index (χ0n) is 10.6. The highest BCUT2D eigenvalue weighted by molar-refractivity contribution is 6.15. The SMILES string of the molecule is Cc1ccc(C(=O)C(C(=C=N)C#N)=C(C#N)C#N)cc1. The highest BCUT2D eigenvalue weighted by Gasteiger charge is 2.22. The maximum absolute atomic E-state index is 12.3. The van der Waals surface area contributed by atoms with Gasteiger partial charge in [-0.2, -0.15) is 15.8 Å². The summed E-state index contributed by atoms with van der Waals surface area (Å²) in [5.41, 5.74) is -0.163. The van der Waals surface area contributed by atoms with Gasteiger partial charge in [-0.05, 0) is 12.8 Å². The molecule has 1 rings (SSSR count). The quantitative estimate of drug-likeness (QED) is 0.295. The van der Waals surface area contributed by atoms with Crippen molar-refractivity contribution in [3.63, 3.8) is 0 Å². The molecule has 1 aromatic carbocycles. The van der Waals surface area contributed by atoms with E-state index >= 15 is 0 Å². The molecule has 0 unspecified atom stereocenters. The number of benzene rings is 1. The summed E-state index contributed by atoms with van der Waals surface area (Å²) >= 11 is 0. The molecule has 0 radical (unpaired) electrons. The van der Waals surface area contributed by atoms with Crippen LogP contribution in [0.2, 0.25) is 0 Å². The second kappa shape index (κ2) is 6.47. The number of hydrogen-bond acceptors (Lipinski definition) is 5. The molecule has 0 atom stereocenters. The standard InChI is InChI=1S/C15H8N4O/c1-10-2-4-11(5-3-10)15(20)14(12(6-16)7-17)13(8-18)9-19/h2-5,16H,1H3.